The van der Waals surface area contributed by atoms with E-state index in [1.54, 1.807) is 0 Å². The standard InChI is InChI=1S/C19H40N2O3Si/c1-7-17(11-10-16-23-25(5,6)19(2,3)4)24-18(22)20-12-15-21-13-8-9-14-21/h17H,7-16H2,1-6H3,(H,20,22). The molecule has 0 aromatic heterocycles. The summed E-state index contributed by atoms with van der Waals surface area (Å²) in [5, 5.41) is 3.12. The zero-order valence-corrected chi connectivity index (χ0v) is 18.3. The predicted molar refractivity (Wildman–Crippen MR) is 107 cm³/mol. The van der Waals surface area contributed by atoms with Crippen molar-refractivity contribution in [1.82, 2.24) is 10.2 Å². The van der Waals surface area contributed by atoms with E-state index < -0.39 is 8.32 Å². The van der Waals surface area contributed by atoms with Gasteiger partial charge in [-0.2, -0.15) is 0 Å². The summed E-state index contributed by atoms with van der Waals surface area (Å²) in [6.07, 6.45) is 4.90. The number of hydrogen-bond acceptors (Lipinski definition) is 4. The van der Waals surface area contributed by atoms with Gasteiger partial charge < -0.3 is 19.4 Å². The Balaban J connectivity index is 2.17. The molecule has 0 spiro atoms. The minimum absolute atomic E-state index is 0.0187. The van der Waals surface area contributed by atoms with E-state index >= 15 is 0 Å². The number of likely N-dealkylation sites (tertiary alicyclic amines) is 1. The molecule has 0 saturated carbocycles. The van der Waals surface area contributed by atoms with E-state index in [2.05, 4.69) is 51.0 Å². The second-order valence-corrected chi connectivity index (χ2v) is 13.5. The van der Waals surface area contributed by atoms with Gasteiger partial charge in [0.25, 0.3) is 0 Å². The van der Waals surface area contributed by atoms with Crippen LogP contribution in [0.3, 0.4) is 0 Å². The molecule has 0 aliphatic carbocycles. The number of nitrogens with zero attached hydrogens (tertiary/aromatic N) is 1. The van der Waals surface area contributed by atoms with Crippen LogP contribution in [-0.4, -0.2) is 58.2 Å². The first-order valence-corrected chi connectivity index (χ1v) is 12.9. The van der Waals surface area contributed by atoms with E-state index in [1.807, 2.05) is 0 Å². The van der Waals surface area contributed by atoms with Crippen molar-refractivity contribution in [3.8, 4) is 0 Å². The van der Waals surface area contributed by atoms with Gasteiger partial charge in [0.2, 0.25) is 0 Å². The third-order valence-electron chi connectivity index (χ3n) is 5.56. The van der Waals surface area contributed by atoms with Crippen LogP contribution < -0.4 is 5.32 Å². The first kappa shape index (κ1) is 22.4. The van der Waals surface area contributed by atoms with Gasteiger partial charge in [0.05, 0.1) is 0 Å². The first-order valence-electron chi connectivity index (χ1n) is 9.96. The number of rotatable bonds is 10. The number of nitrogens with one attached hydrogen (secondary N) is 1. The summed E-state index contributed by atoms with van der Waals surface area (Å²) in [6.45, 7) is 18.0. The van der Waals surface area contributed by atoms with Crippen LogP contribution in [0.25, 0.3) is 0 Å². The molecule has 1 unspecified atom stereocenters. The number of carbonyl (C=O) groups is 1. The SMILES string of the molecule is CCC(CCCO[Si](C)(C)C(C)(C)C)OC(=O)NCCN1CCCC1. The lowest BCUT2D eigenvalue weighted by Gasteiger charge is -2.36. The molecular formula is C19H40N2O3Si. The number of amides is 1. The number of alkyl carbamates (subject to hydrolysis) is 1. The fourth-order valence-corrected chi connectivity index (χ4v) is 3.80. The lowest BCUT2D eigenvalue weighted by molar-refractivity contribution is 0.0851. The van der Waals surface area contributed by atoms with Crippen molar-refractivity contribution in [1.29, 1.82) is 0 Å². The number of ether oxygens (including phenoxy) is 1. The lowest BCUT2D eigenvalue weighted by Crippen LogP contribution is -2.41. The second-order valence-electron chi connectivity index (χ2n) is 8.66. The van der Waals surface area contributed by atoms with Crippen molar-refractivity contribution in [3.05, 3.63) is 0 Å². The maximum atomic E-state index is 11.9. The molecule has 1 saturated heterocycles. The van der Waals surface area contributed by atoms with Crippen LogP contribution in [-0.2, 0) is 9.16 Å². The molecular weight excluding hydrogens is 332 g/mol. The van der Waals surface area contributed by atoms with E-state index in [-0.39, 0.29) is 17.2 Å². The van der Waals surface area contributed by atoms with Crippen molar-refractivity contribution >= 4 is 14.4 Å². The lowest BCUT2D eigenvalue weighted by atomic mass is 10.1. The molecule has 1 atom stereocenters. The Labute approximate surface area is 156 Å². The zero-order chi connectivity index (χ0) is 18.9. The van der Waals surface area contributed by atoms with E-state index in [0.29, 0.717) is 6.54 Å². The van der Waals surface area contributed by atoms with Crippen LogP contribution in [0.5, 0.6) is 0 Å². The Morgan fingerprint density at radius 2 is 1.88 bits per heavy atom. The normalized spacial score (nSPS) is 17.5. The van der Waals surface area contributed by atoms with Gasteiger partial charge in [-0.15, -0.1) is 0 Å². The molecule has 1 fully saturated rings. The minimum atomic E-state index is -1.67. The monoisotopic (exact) mass is 372 g/mol. The first-order chi connectivity index (χ1) is 11.7. The van der Waals surface area contributed by atoms with Gasteiger partial charge in [-0.3, -0.25) is 0 Å². The Kier molecular flexibility index (Phi) is 9.46. The summed E-state index contributed by atoms with van der Waals surface area (Å²) in [5.41, 5.74) is 0. The van der Waals surface area contributed by atoms with E-state index in [4.69, 9.17) is 9.16 Å². The summed E-state index contributed by atoms with van der Waals surface area (Å²) in [4.78, 5) is 14.3. The van der Waals surface area contributed by atoms with Crippen molar-refractivity contribution < 1.29 is 14.0 Å². The molecule has 0 radical (unpaired) electrons. The van der Waals surface area contributed by atoms with Crippen LogP contribution in [0.2, 0.25) is 18.1 Å². The number of hydrogen-bond donors (Lipinski definition) is 1. The Morgan fingerprint density at radius 3 is 2.44 bits per heavy atom. The molecule has 1 aliphatic heterocycles. The Bertz CT molecular complexity index is 391. The average Bonchev–Trinajstić information content (AvgIpc) is 3.02. The van der Waals surface area contributed by atoms with Crippen LogP contribution in [0.4, 0.5) is 4.79 Å². The fourth-order valence-electron chi connectivity index (χ4n) is 2.72. The van der Waals surface area contributed by atoms with E-state index in [0.717, 1.165) is 45.5 Å². The van der Waals surface area contributed by atoms with Crippen molar-refractivity contribution in [2.75, 3.05) is 32.8 Å². The summed E-state index contributed by atoms with van der Waals surface area (Å²) in [6, 6.07) is 0. The van der Waals surface area contributed by atoms with Gasteiger partial charge in [-0.05, 0) is 63.3 Å². The third-order valence-corrected chi connectivity index (χ3v) is 10.1. The summed E-state index contributed by atoms with van der Waals surface area (Å²) in [5.74, 6) is 0. The van der Waals surface area contributed by atoms with Crippen molar-refractivity contribution in [3.63, 3.8) is 0 Å². The molecule has 1 N–H and O–H groups in total. The quantitative estimate of drug-likeness (QED) is 0.456. The molecule has 1 aliphatic rings. The van der Waals surface area contributed by atoms with E-state index in [1.165, 1.54) is 12.8 Å². The Hall–Kier alpha value is -0.593. The molecule has 0 bridgehead atoms. The van der Waals surface area contributed by atoms with Gasteiger partial charge in [0.15, 0.2) is 8.32 Å². The highest BCUT2D eigenvalue weighted by Crippen LogP contribution is 2.36. The molecule has 1 heterocycles. The molecule has 1 amide bonds. The van der Waals surface area contributed by atoms with Crippen molar-refractivity contribution in [2.24, 2.45) is 0 Å². The average molecular weight is 373 g/mol. The molecule has 0 aromatic rings. The summed E-state index contributed by atoms with van der Waals surface area (Å²) < 4.78 is 11.7. The highest BCUT2D eigenvalue weighted by Gasteiger charge is 2.36. The van der Waals surface area contributed by atoms with Gasteiger partial charge in [0, 0.05) is 19.7 Å². The van der Waals surface area contributed by atoms with Crippen molar-refractivity contribution in [2.45, 2.75) is 84.0 Å². The molecule has 0 aromatic carbocycles. The van der Waals surface area contributed by atoms with Gasteiger partial charge in [0.1, 0.15) is 6.10 Å². The third kappa shape index (κ3) is 8.56. The van der Waals surface area contributed by atoms with Gasteiger partial charge in [-0.25, -0.2) is 4.79 Å². The largest absolute Gasteiger partial charge is 0.446 e. The molecule has 148 valence electrons. The van der Waals surface area contributed by atoms with Crippen LogP contribution in [0.15, 0.2) is 0 Å². The molecule has 25 heavy (non-hydrogen) atoms. The second kappa shape index (κ2) is 10.5. The van der Waals surface area contributed by atoms with Crippen LogP contribution >= 0.6 is 0 Å². The fraction of sp³-hybridized carbons (Fsp3) is 0.947. The van der Waals surface area contributed by atoms with Gasteiger partial charge in [-0.1, -0.05) is 27.7 Å². The minimum Gasteiger partial charge on any atom is -0.446 e. The maximum Gasteiger partial charge on any atom is 0.407 e. The smallest absolute Gasteiger partial charge is 0.407 e. The van der Waals surface area contributed by atoms with Crippen LogP contribution in [0.1, 0.15) is 59.8 Å². The zero-order valence-electron chi connectivity index (χ0n) is 17.3. The Morgan fingerprint density at radius 1 is 1.24 bits per heavy atom. The van der Waals surface area contributed by atoms with Crippen LogP contribution in [0, 0.1) is 0 Å². The summed E-state index contributed by atoms with van der Waals surface area (Å²) in [7, 11) is -1.67. The topological polar surface area (TPSA) is 50.8 Å². The van der Waals surface area contributed by atoms with E-state index in [9.17, 15) is 4.79 Å². The molecule has 5 nitrogen and oxygen atoms in total. The molecule has 1 rings (SSSR count). The predicted octanol–water partition coefficient (Wildman–Crippen LogP) is 4.39. The summed E-state index contributed by atoms with van der Waals surface area (Å²) >= 11 is 0. The van der Waals surface area contributed by atoms with Gasteiger partial charge >= 0.3 is 6.09 Å². The highest BCUT2D eigenvalue weighted by atomic mass is 28.4. The maximum absolute atomic E-state index is 11.9. The number of carbonyl (C=O) groups excluding carboxylic acids is 1. The highest BCUT2D eigenvalue weighted by molar-refractivity contribution is 6.74. The molecule has 6 heteroatoms.